The number of benzene rings is 2. The van der Waals surface area contributed by atoms with Gasteiger partial charge in [-0.1, -0.05) is 24.3 Å². The van der Waals surface area contributed by atoms with Gasteiger partial charge in [-0.3, -0.25) is 4.79 Å². The summed E-state index contributed by atoms with van der Waals surface area (Å²) in [6.45, 7) is 1.31. The van der Waals surface area contributed by atoms with Gasteiger partial charge in [0.1, 0.15) is 0 Å². The highest BCUT2D eigenvalue weighted by Crippen LogP contribution is 2.47. The number of amides is 1. The Balaban J connectivity index is 1.24. The van der Waals surface area contributed by atoms with Gasteiger partial charge in [0.2, 0.25) is 5.91 Å². The van der Waals surface area contributed by atoms with E-state index >= 15 is 0 Å². The first-order valence-electron chi connectivity index (χ1n) is 9.28. The summed E-state index contributed by atoms with van der Waals surface area (Å²) in [5, 5.41) is 2.94. The van der Waals surface area contributed by atoms with Crippen LogP contribution in [0.4, 0.5) is 13.2 Å². The van der Waals surface area contributed by atoms with Crippen molar-refractivity contribution in [2.24, 2.45) is 5.92 Å². The van der Waals surface area contributed by atoms with Crippen molar-refractivity contribution in [1.29, 1.82) is 0 Å². The Morgan fingerprint density at radius 3 is 2.64 bits per heavy atom. The Morgan fingerprint density at radius 1 is 1.14 bits per heavy atom. The zero-order chi connectivity index (χ0) is 19.7. The van der Waals surface area contributed by atoms with E-state index in [-0.39, 0.29) is 17.7 Å². The molecule has 1 amide bonds. The van der Waals surface area contributed by atoms with Crippen LogP contribution in [0.1, 0.15) is 29.9 Å². The lowest BCUT2D eigenvalue weighted by molar-refractivity contribution is -0.137. The van der Waals surface area contributed by atoms with Crippen LogP contribution in [0.2, 0.25) is 0 Å². The molecule has 1 aliphatic rings. The fourth-order valence-corrected chi connectivity index (χ4v) is 3.55. The molecule has 0 saturated heterocycles. The Labute approximate surface area is 160 Å². The van der Waals surface area contributed by atoms with Gasteiger partial charge < -0.3 is 9.88 Å². The molecule has 4 nitrogen and oxygen atoms in total. The standard InChI is InChI=1S/C21H20F3N3O/c22-21(23,24)15-8-6-14(7-9-15)16-12-17(16)20(28)25-10-3-11-27-13-26-18-4-1-2-5-19(18)27/h1-2,4-9,13,16-17H,3,10-12H2,(H,25,28). The predicted molar refractivity (Wildman–Crippen MR) is 99.7 cm³/mol. The molecule has 0 radical (unpaired) electrons. The molecule has 146 valence electrons. The molecule has 2 aromatic carbocycles. The van der Waals surface area contributed by atoms with E-state index in [1.54, 1.807) is 6.33 Å². The lowest BCUT2D eigenvalue weighted by Gasteiger charge is -2.08. The second kappa shape index (κ2) is 7.30. The number of carbonyl (C=O) groups excluding carboxylic acids is 1. The lowest BCUT2D eigenvalue weighted by Crippen LogP contribution is -2.27. The van der Waals surface area contributed by atoms with Crippen molar-refractivity contribution in [1.82, 2.24) is 14.9 Å². The molecule has 0 spiro atoms. The zero-order valence-corrected chi connectivity index (χ0v) is 15.1. The van der Waals surface area contributed by atoms with Crippen LogP contribution in [-0.4, -0.2) is 22.0 Å². The highest BCUT2D eigenvalue weighted by molar-refractivity contribution is 5.82. The number of rotatable bonds is 6. The molecule has 2 atom stereocenters. The zero-order valence-electron chi connectivity index (χ0n) is 15.1. The molecule has 7 heteroatoms. The summed E-state index contributed by atoms with van der Waals surface area (Å²) in [5.74, 6) is -0.161. The molecular weight excluding hydrogens is 367 g/mol. The number of nitrogens with one attached hydrogen (secondary N) is 1. The minimum atomic E-state index is -4.33. The number of halogens is 3. The van der Waals surface area contributed by atoms with Gasteiger partial charge in [-0.15, -0.1) is 0 Å². The quantitative estimate of drug-likeness (QED) is 0.639. The van der Waals surface area contributed by atoms with Gasteiger partial charge in [-0.2, -0.15) is 13.2 Å². The number of nitrogens with zero attached hydrogens (tertiary/aromatic N) is 2. The minimum Gasteiger partial charge on any atom is -0.356 e. The van der Waals surface area contributed by atoms with Crippen LogP contribution in [-0.2, 0) is 17.5 Å². The third kappa shape index (κ3) is 3.88. The highest BCUT2D eigenvalue weighted by atomic mass is 19.4. The monoisotopic (exact) mass is 387 g/mol. The minimum absolute atomic E-state index is 0.0138. The number of imidazole rings is 1. The van der Waals surface area contributed by atoms with Gasteiger partial charge in [0.15, 0.2) is 0 Å². The van der Waals surface area contributed by atoms with Gasteiger partial charge in [0.05, 0.1) is 22.9 Å². The van der Waals surface area contributed by atoms with Crippen molar-refractivity contribution < 1.29 is 18.0 Å². The van der Waals surface area contributed by atoms with Crippen LogP contribution in [0.15, 0.2) is 54.9 Å². The van der Waals surface area contributed by atoms with E-state index in [9.17, 15) is 18.0 Å². The van der Waals surface area contributed by atoms with Crippen LogP contribution in [0.25, 0.3) is 11.0 Å². The van der Waals surface area contributed by atoms with E-state index in [0.29, 0.717) is 13.0 Å². The maximum Gasteiger partial charge on any atom is 0.416 e. The molecule has 1 saturated carbocycles. The Hall–Kier alpha value is -2.83. The molecular formula is C21H20F3N3O. The van der Waals surface area contributed by atoms with Crippen LogP contribution >= 0.6 is 0 Å². The predicted octanol–water partition coefficient (Wildman–Crippen LogP) is 4.37. The molecule has 1 N–H and O–H groups in total. The lowest BCUT2D eigenvalue weighted by atomic mass is 10.1. The number of hydrogen-bond donors (Lipinski definition) is 1. The van der Waals surface area contributed by atoms with Gasteiger partial charge >= 0.3 is 6.18 Å². The molecule has 2 unspecified atom stereocenters. The van der Waals surface area contributed by atoms with Gasteiger partial charge in [0.25, 0.3) is 0 Å². The van der Waals surface area contributed by atoms with Gasteiger partial charge in [-0.25, -0.2) is 4.98 Å². The molecule has 0 bridgehead atoms. The van der Waals surface area contributed by atoms with E-state index in [0.717, 1.165) is 41.7 Å². The van der Waals surface area contributed by atoms with E-state index < -0.39 is 11.7 Å². The summed E-state index contributed by atoms with van der Waals surface area (Å²) in [6, 6.07) is 13.0. The Morgan fingerprint density at radius 2 is 1.89 bits per heavy atom. The normalized spacial score (nSPS) is 19.0. The smallest absolute Gasteiger partial charge is 0.356 e. The van der Waals surface area contributed by atoms with E-state index in [4.69, 9.17) is 0 Å². The molecule has 3 aromatic rings. The number of aryl methyl sites for hydroxylation is 1. The number of para-hydroxylation sites is 2. The molecule has 1 aliphatic carbocycles. The second-order valence-electron chi connectivity index (χ2n) is 7.14. The Bertz CT molecular complexity index is 978. The third-order valence-corrected chi connectivity index (χ3v) is 5.20. The third-order valence-electron chi connectivity index (χ3n) is 5.20. The van der Waals surface area contributed by atoms with Crippen LogP contribution in [0, 0.1) is 5.92 Å². The second-order valence-corrected chi connectivity index (χ2v) is 7.14. The van der Waals surface area contributed by atoms with E-state index in [1.807, 2.05) is 24.3 Å². The topological polar surface area (TPSA) is 46.9 Å². The molecule has 0 aliphatic heterocycles. The van der Waals surface area contributed by atoms with Crippen molar-refractivity contribution in [3.63, 3.8) is 0 Å². The average molecular weight is 387 g/mol. The summed E-state index contributed by atoms with van der Waals surface area (Å²) in [7, 11) is 0. The number of alkyl halides is 3. The maximum absolute atomic E-state index is 12.6. The van der Waals surface area contributed by atoms with Crippen molar-refractivity contribution in [3.8, 4) is 0 Å². The fraction of sp³-hybridized carbons (Fsp3) is 0.333. The van der Waals surface area contributed by atoms with Crippen molar-refractivity contribution in [2.75, 3.05) is 6.54 Å². The Kier molecular flexibility index (Phi) is 4.83. The van der Waals surface area contributed by atoms with Gasteiger partial charge in [0, 0.05) is 19.0 Å². The van der Waals surface area contributed by atoms with Crippen molar-refractivity contribution >= 4 is 16.9 Å². The number of carbonyl (C=O) groups is 1. The first-order valence-corrected chi connectivity index (χ1v) is 9.28. The molecule has 1 fully saturated rings. The highest BCUT2D eigenvalue weighted by Gasteiger charge is 2.44. The first kappa shape index (κ1) is 18.5. The van der Waals surface area contributed by atoms with Crippen molar-refractivity contribution in [2.45, 2.75) is 31.5 Å². The number of aromatic nitrogens is 2. The summed E-state index contributed by atoms with van der Waals surface area (Å²) >= 11 is 0. The maximum atomic E-state index is 12.6. The summed E-state index contributed by atoms with van der Waals surface area (Å²) in [6.07, 6.45) is -1.07. The fourth-order valence-electron chi connectivity index (χ4n) is 3.55. The average Bonchev–Trinajstić information content (AvgIpc) is 3.39. The summed E-state index contributed by atoms with van der Waals surface area (Å²) in [4.78, 5) is 16.6. The molecule has 28 heavy (non-hydrogen) atoms. The largest absolute Gasteiger partial charge is 0.416 e. The molecule has 1 aromatic heterocycles. The summed E-state index contributed by atoms with van der Waals surface area (Å²) < 4.78 is 40.0. The number of fused-ring (bicyclic) bond motifs is 1. The first-order chi connectivity index (χ1) is 13.4. The molecule has 1 heterocycles. The molecule has 4 rings (SSSR count). The van der Waals surface area contributed by atoms with Crippen LogP contribution in [0.5, 0.6) is 0 Å². The van der Waals surface area contributed by atoms with Crippen LogP contribution < -0.4 is 5.32 Å². The number of hydrogen-bond acceptors (Lipinski definition) is 2. The van der Waals surface area contributed by atoms with E-state index in [1.165, 1.54) is 12.1 Å². The SMILES string of the molecule is O=C(NCCCn1cnc2ccccc21)C1CC1c1ccc(C(F)(F)F)cc1. The summed E-state index contributed by atoms with van der Waals surface area (Å²) in [5.41, 5.74) is 2.14. The van der Waals surface area contributed by atoms with Gasteiger partial charge in [-0.05, 0) is 48.6 Å². The van der Waals surface area contributed by atoms with Crippen LogP contribution in [0.3, 0.4) is 0 Å². The van der Waals surface area contributed by atoms with Crippen molar-refractivity contribution in [3.05, 3.63) is 66.0 Å². The van der Waals surface area contributed by atoms with E-state index in [2.05, 4.69) is 14.9 Å².